The van der Waals surface area contributed by atoms with E-state index in [1.54, 1.807) is 0 Å². The Kier molecular flexibility index (Phi) is 23.3. The number of rotatable bonds is 5. The predicted molar refractivity (Wildman–Crippen MR) is 319 cm³/mol. The molecule has 0 radical (unpaired) electrons. The van der Waals surface area contributed by atoms with Gasteiger partial charge in [-0.2, -0.15) is 0 Å². The number of nitrogens with one attached hydrogen (secondary N) is 1. The molecule has 6 aliphatic rings. The lowest BCUT2D eigenvalue weighted by Gasteiger charge is -2.42. The second-order valence-corrected chi connectivity index (χ2v) is 33.6. The third-order valence-corrected chi connectivity index (χ3v) is 17.3. The zero-order chi connectivity index (χ0) is 51.5. The standard InChI is InChI=1S/C21H33N3Si.C18H25N3.C11H13BrSi.C10H21N3/c1-22-14-16-24(17-15-22)21-9-12-23(13-10-21)20-7-5-19(6-8-20)11-18-25(2,3)4;1-3-16-4-6-17(7-5-16)20-10-8-18(9-11-20)21-14-12-19(2)13-15-21;1-13(2,3)9-8-10-4-6-11(12)7-5-10;1-12-6-8-13(9-7-12)10-2-4-11-5-3-10/h5-8,21H,9-10,12-17H2,1-4H3;1,4-7,18H,8-15H2,2H3;4-7H,1-3H3;10-11H,2-9H2,1H3. The first-order valence-electron chi connectivity index (χ1n) is 27.5. The minimum atomic E-state index is -1.29. The summed E-state index contributed by atoms with van der Waals surface area (Å²) in [5.74, 6) is 9.24. The van der Waals surface area contributed by atoms with Gasteiger partial charge in [-0.05, 0) is 146 Å². The van der Waals surface area contributed by atoms with Crippen LogP contribution in [0.1, 0.15) is 55.2 Å². The Bertz CT molecular complexity index is 2190. The summed E-state index contributed by atoms with van der Waals surface area (Å²) in [5, 5.41) is 3.43. The molecule has 0 unspecified atom stereocenters. The molecule has 392 valence electrons. The van der Waals surface area contributed by atoms with Crippen molar-refractivity contribution in [3.05, 3.63) is 94.0 Å². The Hall–Kier alpha value is -3.43. The summed E-state index contributed by atoms with van der Waals surface area (Å²) in [5.41, 5.74) is 12.7. The van der Waals surface area contributed by atoms with E-state index in [0.29, 0.717) is 0 Å². The third kappa shape index (κ3) is 20.4. The maximum absolute atomic E-state index is 5.42. The lowest BCUT2D eigenvalue weighted by molar-refractivity contribution is 0.0948. The number of anilines is 2. The minimum absolute atomic E-state index is 0.778. The van der Waals surface area contributed by atoms with Gasteiger partial charge in [0.15, 0.2) is 0 Å². The number of hydrogen-bond donors (Lipinski definition) is 1. The molecule has 0 spiro atoms. The van der Waals surface area contributed by atoms with Crippen LogP contribution in [0.15, 0.2) is 77.3 Å². The van der Waals surface area contributed by atoms with Crippen LogP contribution >= 0.6 is 15.9 Å². The molecular formula is C60H92BrN9Si2. The maximum Gasteiger partial charge on any atom is 0.129 e. The van der Waals surface area contributed by atoms with Crippen molar-refractivity contribution in [2.24, 2.45) is 0 Å². The maximum atomic E-state index is 5.42. The number of benzene rings is 3. The van der Waals surface area contributed by atoms with Crippen LogP contribution in [0.3, 0.4) is 0 Å². The molecule has 72 heavy (non-hydrogen) atoms. The highest BCUT2D eigenvalue weighted by atomic mass is 79.9. The Morgan fingerprint density at radius 1 is 0.431 bits per heavy atom. The lowest BCUT2D eigenvalue weighted by Crippen LogP contribution is -2.52. The predicted octanol–water partition coefficient (Wildman–Crippen LogP) is 8.68. The molecule has 3 aromatic rings. The Morgan fingerprint density at radius 3 is 1.06 bits per heavy atom. The fourth-order valence-electron chi connectivity index (χ4n) is 10.3. The molecule has 0 saturated carbocycles. The number of hydrogen-bond acceptors (Lipinski definition) is 9. The lowest BCUT2D eigenvalue weighted by atomic mass is 10.0. The first kappa shape index (κ1) is 57.8. The third-order valence-electron chi connectivity index (χ3n) is 15.0. The largest absolute Gasteiger partial charge is 0.371 e. The molecule has 0 atom stereocenters. The molecule has 6 heterocycles. The average molecular weight is 1080 g/mol. The molecule has 6 fully saturated rings. The van der Waals surface area contributed by atoms with Gasteiger partial charge < -0.3 is 29.8 Å². The number of terminal acetylenes is 1. The van der Waals surface area contributed by atoms with Gasteiger partial charge in [0.2, 0.25) is 0 Å². The quantitative estimate of drug-likeness (QED) is 0.200. The molecule has 0 aromatic heterocycles. The van der Waals surface area contributed by atoms with Crippen molar-refractivity contribution >= 4 is 43.5 Å². The van der Waals surface area contributed by atoms with Gasteiger partial charge in [0.1, 0.15) is 16.1 Å². The van der Waals surface area contributed by atoms with Gasteiger partial charge in [-0.15, -0.1) is 17.5 Å². The molecule has 0 bridgehead atoms. The molecule has 0 amide bonds. The molecule has 1 N–H and O–H groups in total. The average Bonchev–Trinajstić information content (AvgIpc) is 3.39. The smallest absolute Gasteiger partial charge is 0.129 e. The van der Waals surface area contributed by atoms with Gasteiger partial charge >= 0.3 is 0 Å². The fourth-order valence-corrected chi connectivity index (χ4v) is 11.6. The summed E-state index contributed by atoms with van der Waals surface area (Å²) in [6, 6.07) is 27.8. The fraction of sp³-hybridized carbons (Fsp3) is 0.600. The molecule has 3 aromatic carbocycles. The molecular weight excluding hydrogens is 983 g/mol. The van der Waals surface area contributed by atoms with E-state index in [0.717, 1.165) is 52.4 Å². The van der Waals surface area contributed by atoms with Crippen LogP contribution in [-0.4, -0.2) is 203 Å². The summed E-state index contributed by atoms with van der Waals surface area (Å²) < 4.78 is 1.10. The van der Waals surface area contributed by atoms with E-state index in [2.05, 4.69) is 186 Å². The van der Waals surface area contributed by atoms with E-state index in [1.807, 2.05) is 36.4 Å². The van der Waals surface area contributed by atoms with Crippen LogP contribution in [0, 0.1) is 35.3 Å². The molecule has 9 rings (SSSR count). The van der Waals surface area contributed by atoms with Gasteiger partial charge in [-0.1, -0.05) is 73.0 Å². The minimum Gasteiger partial charge on any atom is -0.371 e. The molecule has 6 saturated heterocycles. The van der Waals surface area contributed by atoms with Gasteiger partial charge in [0.05, 0.1) is 0 Å². The molecule has 0 aliphatic carbocycles. The SMILES string of the molecule is C#Cc1ccc(N2CCC(N3CCN(C)CC3)CC2)cc1.CN1CCN(C2CCN(c3ccc(C#C[Si](C)(C)C)cc3)CC2)CC1.CN1CCN(C2CCNCC2)CC1.C[Si](C)(C)C#Cc1ccc(Br)cc1. The van der Waals surface area contributed by atoms with Crippen LogP contribution in [-0.2, 0) is 0 Å². The first-order valence-corrected chi connectivity index (χ1v) is 35.3. The first-order chi connectivity index (χ1) is 34.5. The van der Waals surface area contributed by atoms with Crippen molar-refractivity contribution in [1.29, 1.82) is 0 Å². The highest BCUT2D eigenvalue weighted by Gasteiger charge is 2.29. The highest BCUT2D eigenvalue weighted by molar-refractivity contribution is 9.10. The Morgan fingerprint density at radius 2 is 0.736 bits per heavy atom. The Labute approximate surface area is 449 Å². The molecule has 9 nitrogen and oxygen atoms in total. The number of piperazine rings is 3. The zero-order valence-corrected chi connectivity index (χ0v) is 49.7. The zero-order valence-electron chi connectivity index (χ0n) is 46.2. The molecule has 12 heteroatoms. The summed E-state index contributed by atoms with van der Waals surface area (Å²) in [6.07, 6.45) is 13.3. The van der Waals surface area contributed by atoms with E-state index in [-0.39, 0.29) is 0 Å². The Balaban J connectivity index is 0.000000163. The topological polar surface area (TPSA) is 38.0 Å². The van der Waals surface area contributed by atoms with Gasteiger partial charge in [-0.25, -0.2) is 0 Å². The van der Waals surface area contributed by atoms with Crippen molar-refractivity contribution in [3.63, 3.8) is 0 Å². The van der Waals surface area contributed by atoms with Crippen LogP contribution in [0.25, 0.3) is 0 Å². The second-order valence-electron chi connectivity index (χ2n) is 23.2. The second kappa shape index (κ2) is 29.0. The van der Waals surface area contributed by atoms with Gasteiger partial charge in [0.25, 0.3) is 0 Å². The monoisotopic (exact) mass is 1070 g/mol. The van der Waals surface area contributed by atoms with Crippen molar-refractivity contribution in [1.82, 2.24) is 34.7 Å². The van der Waals surface area contributed by atoms with E-state index < -0.39 is 16.1 Å². The molecule has 6 aliphatic heterocycles. The number of nitrogens with zero attached hydrogens (tertiary/aromatic N) is 8. The van der Waals surface area contributed by atoms with E-state index in [4.69, 9.17) is 6.42 Å². The number of likely N-dealkylation sites (N-methyl/N-ethyl adjacent to an activating group) is 3. The summed E-state index contributed by atoms with van der Waals surface area (Å²) >= 11 is 3.40. The highest BCUT2D eigenvalue weighted by Crippen LogP contribution is 2.26. The number of piperidine rings is 3. The summed E-state index contributed by atoms with van der Waals surface area (Å²) in [6.45, 7) is 35.6. The van der Waals surface area contributed by atoms with Crippen LogP contribution in [0.4, 0.5) is 11.4 Å². The van der Waals surface area contributed by atoms with Crippen molar-refractivity contribution in [2.75, 3.05) is 149 Å². The number of halogens is 1. The summed E-state index contributed by atoms with van der Waals surface area (Å²) in [4.78, 5) is 20.4. The normalized spacial score (nSPS) is 21.0. The van der Waals surface area contributed by atoms with Crippen molar-refractivity contribution < 1.29 is 0 Å². The van der Waals surface area contributed by atoms with Crippen LogP contribution in [0.5, 0.6) is 0 Å². The van der Waals surface area contributed by atoms with Gasteiger partial charge in [-0.3, -0.25) is 14.7 Å². The summed E-state index contributed by atoms with van der Waals surface area (Å²) in [7, 11) is 4.16. The van der Waals surface area contributed by atoms with Crippen LogP contribution < -0.4 is 15.1 Å². The van der Waals surface area contributed by atoms with E-state index in [9.17, 15) is 0 Å². The van der Waals surface area contributed by atoms with E-state index in [1.165, 1.54) is 155 Å². The van der Waals surface area contributed by atoms with Crippen molar-refractivity contribution in [2.45, 2.75) is 95.9 Å². The van der Waals surface area contributed by atoms with Crippen molar-refractivity contribution in [3.8, 4) is 35.3 Å². The van der Waals surface area contributed by atoms with E-state index >= 15 is 0 Å². The van der Waals surface area contributed by atoms with Crippen LogP contribution in [0.2, 0.25) is 39.3 Å². The van der Waals surface area contributed by atoms with Gasteiger partial charge in [0, 0.05) is 155 Å².